The molecule has 0 aromatic heterocycles. The molecule has 2 unspecified atom stereocenters. The first-order valence-corrected chi connectivity index (χ1v) is 8.54. The second-order valence-electron chi connectivity index (χ2n) is 5.72. The number of hydrogen-bond donors (Lipinski definition) is 2. The summed E-state index contributed by atoms with van der Waals surface area (Å²) >= 11 is 1.79. The van der Waals surface area contributed by atoms with Crippen LogP contribution in [-0.2, 0) is 11.2 Å². The number of thioether (sulfide) groups is 1. The van der Waals surface area contributed by atoms with Crippen LogP contribution in [0.1, 0.15) is 18.4 Å². The first-order chi connectivity index (χ1) is 10.1. The van der Waals surface area contributed by atoms with Gasteiger partial charge in [0.05, 0.1) is 5.60 Å². The van der Waals surface area contributed by atoms with Crippen molar-refractivity contribution in [2.45, 2.75) is 30.9 Å². The molecular weight excluding hydrogens is 289 g/mol. The van der Waals surface area contributed by atoms with E-state index in [9.17, 15) is 9.50 Å². The molecule has 3 nitrogen and oxygen atoms in total. The van der Waals surface area contributed by atoms with E-state index in [2.05, 4.69) is 5.32 Å². The number of aliphatic hydroxyl groups is 1. The molecule has 1 fully saturated rings. The van der Waals surface area contributed by atoms with E-state index in [1.54, 1.807) is 31.0 Å². The number of ether oxygens (including phenoxy) is 1. The van der Waals surface area contributed by atoms with Crippen LogP contribution in [0.15, 0.2) is 24.3 Å². The van der Waals surface area contributed by atoms with Crippen molar-refractivity contribution < 1.29 is 14.2 Å². The van der Waals surface area contributed by atoms with Crippen molar-refractivity contribution in [3.8, 4) is 0 Å². The van der Waals surface area contributed by atoms with Gasteiger partial charge >= 0.3 is 0 Å². The standard InChI is InChI=1S/C16H24FNO2S/c1-20-7-5-15(10-13-3-2-4-14(17)9-13)18-11-16(19)6-8-21-12-16/h2-4,9,15,18-19H,5-8,10-12H2,1H3. The third-order valence-electron chi connectivity index (χ3n) is 3.84. The van der Waals surface area contributed by atoms with E-state index in [0.29, 0.717) is 13.2 Å². The molecule has 1 aliphatic rings. The summed E-state index contributed by atoms with van der Waals surface area (Å²) in [6.07, 6.45) is 2.42. The third-order valence-corrected chi connectivity index (χ3v) is 5.08. The van der Waals surface area contributed by atoms with Gasteiger partial charge in [0.25, 0.3) is 0 Å². The highest BCUT2D eigenvalue weighted by atomic mass is 32.2. The summed E-state index contributed by atoms with van der Waals surface area (Å²) in [5.74, 6) is 1.60. The predicted octanol–water partition coefficient (Wildman–Crippen LogP) is 2.23. The second kappa shape index (κ2) is 8.13. The molecule has 2 atom stereocenters. The van der Waals surface area contributed by atoms with Crippen molar-refractivity contribution in [1.82, 2.24) is 5.32 Å². The van der Waals surface area contributed by atoms with Gasteiger partial charge in [-0.1, -0.05) is 12.1 Å². The van der Waals surface area contributed by atoms with E-state index in [0.717, 1.165) is 36.3 Å². The molecule has 1 aromatic carbocycles. The minimum Gasteiger partial charge on any atom is -0.388 e. The Morgan fingerprint density at radius 3 is 3.05 bits per heavy atom. The molecule has 0 bridgehead atoms. The lowest BCUT2D eigenvalue weighted by Crippen LogP contribution is -2.45. The minimum atomic E-state index is -0.599. The maximum atomic E-state index is 13.3. The molecule has 0 aliphatic carbocycles. The zero-order valence-corrected chi connectivity index (χ0v) is 13.3. The van der Waals surface area contributed by atoms with E-state index in [1.165, 1.54) is 6.07 Å². The van der Waals surface area contributed by atoms with Crippen LogP contribution in [0.5, 0.6) is 0 Å². The van der Waals surface area contributed by atoms with Gasteiger partial charge in [-0.05, 0) is 42.7 Å². The summed E-state index contributed by atoms with van der Waals surface area (Å²) in [5, 5.41) is 13.8. The maximum Gasteiger partial charge on any atom is 0.123 e. The average Bonchev–Trinajstić information content (AvgIpc) is 2.89. The fourth-order valence-corrected chi connectivity index (χ4v) is 3.85. The summed E-state index contributed by atoms with van der Waals surface area (Å²) in [6.45, 7) is 1.24. The largest absolute Gasteiger partial charge is 0.388 e. The highest BCUT2D eigenvalue weighted by Gasteiger charge is 2.31. The molecule has 118 valence electrons. The highest BCUT2D eigenvalue weighted by molar-refractivity contribution is 7.99. The van der Waals surface area contributed by atoms with Gasteiger partial charge in [-0.25, -0.2) is 4.39 Å². The highest BCUT2D eigenvalue weighted by Crippen LogP contribution is 2.27. The topological polar surface area (TPSA) is 41.5 Å². The molecule has 0 saturated carbocycles. The summed E-state index contributed by atoms with van der Waals surface area (Å²) in [7, 11) is 1.68. The Morgan fingerprint density at radius 2 is 2.38 bits per heavy atom. The van der Waals surface area contributed by atoms with Gasteiger partial charge in [0.15, 0.2) is 0 Å². The monoisotopic (exact) mass is 313 g/mol. The molecule has 0 amide bonds. The number of hydrogen-bond acceptors (Lipinski definition) is 4. The van der Waals surface area contributed by atoms with Crippen LogP contribution in [0, 0.1) is 5.82 Å². The number of nitrogens with one attached hydrogen (secondary N) is 1. The van der Waals surface area contributed by atoms with Crippen molar-refractivity contribution in [2.75, 3.05) is 31.8 Å². The van der Waals surface area contributed by atoms with Gasteiger partial charge in [-0.3, -0.25) is 0 Å². The van der Waals surface area contributed by atoms with Crippen molar-refractivity contribution >= 4 is 11.8 Å². The quantitative estimate of drug-likeness (QED) is 0.772. The van der Waals surface area contributed by atoms with Crippen molar-refractivity contribution in [2.24, 2.45) is 0 Å². The summed E-state index contributed by atoms with van der Waals surface area (Å²) < 4.78 is 18.4. The van der Waals surface area contributed by atoms with Crippen molar-refractivity contribution in [3.05, 3.63) is 35.6 Å². The Balaban J connectivity index is 1.90. The van der Waals surface area contributed by atoms with Gasteiger partial charge in [-0.2, -0.15) is 11.8 Å². The van der Waals surface area contributed by atoms with Crippen LogP contribution in [0.2, 0.25) is 0 Å². The number of benzene rings is 1. The van der Waals surface area contributed by atoms with Crippen molar-refractivity contribution in [3.63, 3.8) is 0 Å². The van der Waals surface area contributed by atoms with E-state index >= 15 is 0 Å². The SMILES string of the molecule is COCCC(Cc1cccc(F)c1)NCC1(O)CCSC1. The van der Waals surface area contributed by atoms with Crippen LogP contribution in [-0.4, -0.2) is 48.5 Å². The molecular formula is C16H24FNO2S. The van der Waals surface area contributed by atoms with Gasteiger partial charge < -0.3 is 15.2 Å². The van der Waals surface area contributed by atoms with E-state index in [1.807, 2.05) is 6.07 Å². The van der Waals surface area contributed by atoms with Gasteiger partial charge in [0, 0.05) is 32.1 Å². The Hall–Kier alpha value is -0.620. The average molecular weight is 313 g/mol. The predicted molar refractivity (Wildman–Crippen MR) is 85.3 cm³/mol. The van der Waals surface area contributed by atoms with Gasteiger partial charge in [0.1, 0.15) is 5.82 Å². The fraction of sp³-hybridized carbons (Fsp3) is 0.625. The molecule has 21 heavy (non-hydrogen) atoms. The molecule has 2 rings (SSSR count). The Morgan fingerprint density at radius 1 is 1.52 bits per heavy atom. The minimum absolute atomic E-state index is 0.182. The van der Waals surface area contributed by atoms with Crippen LogP contribution in [0.4, 0.5) is 4.39 Å². The van der Waals surface area contributed by atoms with Crippen LogP contribution >= 0.6 is 11.8 Å². The summed E-state index contributed by atoms with van der Waals surface area (Å²) in [6, 6.07) is 6.88. The zero-order valence-electron chi connectivity index (χ0n) is 12.5. The zero-order chi connectivity index (χ0) is 15.1. The van der Waals surface area contributed by atoms with E-state index < -0.39 is 5.60 Å². The molecule has 1 saturated heterocycles. The number of rotatable bonds is 8. The fourth-order valence-electron chi connectivity index (χ4n) is 2.56. The van der Waals surface area contributed by atoms with Crippen LogP contribution < -0.4 is 5.32 Å². The van der Waals surface area contributed by atoms with Crippen LogP contribution in [0.3, 0.4) is 0 Å². The Labute approximate surface area is 130 Å². The first-order valence-electron chi connectivity index (χ1n) is 7.38. The third kappa shape index (κ3) is 5.58. The number of methoxy groups -OCH3 is 1. The molecule has 1 aliphatic heterocycles. The van der Waals surface area contributed by atoms with Gasteiger partial charge in [-0.15, -0.1) is 0 Å². The lowest BCUT2D eigenvalue weighted by molar-refractivity contribution is 0.0627. The van der Waals surface area contributed by atoms with E-state index in [-0.39, 0.29) is 11.9 Å². The summed E-state index contributed by atoms with van der Waals surface area (Å²) in [4.78, 5) is 0. The molecule has 0 radical (unpaired) electrons. The smallest absolute Gasteiger partial charge is 0.123 e. The van der Waals surface area contributed by atoms with Crippen LogP contribution in [0.25, 0.3) is 0 Å². The number of halogens is 1. The second-order valence-corrected chi connectivity index (χ2v) is 6.83. The van der Waals surface area contributed by atoms with Crippen molar-refractivity contribution in [1.29, 1.82) is 0 Å². The Bertz CT molecular complexity index is 438. The normalized spacial score (nSPS) is 23.4. The Kier molecular flexibility index (Phi) is 6.48. The molecule has 2 N–H and O–H groups in total. The molecule has 1 heterocycles. The van der Waals surface area contributed by atoms with E-state index in [4.69, 9.17) is 4.74 Å². The van der Waals surface area contributed by atoms with Gasteiger partial charge in [0.2, 0.25) is 0 Å². The first kappa shape index (κ1) is 16.7. The molecule has 1 aromatic rings. The maximum absolute atomic E-state index is 13.3. The summed E-state index contributed by atoms with van der Waals surface area (Å²) in [5.41, 5.74) is 0.370. The molecule has 5 heteroatoms. The molecule has 0 spiro atoms. The lowest BCUT2D eigenvalue weighted by Gasteiger charge is -2.26. The lowest BCUT2D eigenvalue weighted by atomic mass is 10.00.